The number of piperazine rings is 1. The van der Waals surface area contributed by atoms with Gasteiger partial charge in [0, 0.05) is 100 Å². The molecule has 2 saturated heterocycles. The van der Waals surface area contributed by atoms with Crippen LogP contribution in [0.4, 0.5) is 23.5 Å². The molecule has 3 aromatic heterocycles. The lowest BCUT2D eigenvalue weighted by atomic mass is 9.85. The normalized spacial score (nSPS) is 20.7. The highest BCUT2D eigenvalue weighted by molar-refractivity contribution is 7.13. The number of benzene rings is 2. The molecule has 0 bridgehead atoms. The molecule has 0 radical (unpaired) electrons. The Morgan fingerprint density at radius 3 is 2.17 bits per heavy atom. The topological polar surface area (TPSA) is 218 Å². The highest BCUT2D eigenvalue weighted by Gasteiger charge is 2.53. The van der Waals surface area contributed by atoms with Crippen molar-refractivity contribution in [1.82, 2.24) is 44.9 Å². The van der Waals surface area contributed by atoms with E-state index in [0.717, 1.165) is 84.8 Å². The van der Waals surface area contributed by atoms with E-state index in [0.29, 0.717) is 62.8 Å². The quantitative estimate of drug-likeness (QED) is 0.0259. The van der Waals surface area contributed by atoms with Gasteiger partial charge in [-0.3, -0.25) is 24.2 Å². The van der Waals surface area contributed by atoms with Crippen LogP contribution >= 0.6 is 11.3 Å². The fourth-order valence-corrected chi connectivity index (χ4v) is 11.8. The first kappa shape index (κ1) is 62.7. The Bertz CT molecular complexity index is 2990. The molecule has 0 unspecified atom stereocenters. The number of rotatable bonds is 27. The number of nitrogens with zero attached hydrogens (tertiary/aromatic N) is 7. The number of aromatic nitrogens is 4. The van der Waals surface area contributed by atoms with Crippen molar-refractivity contribution in [2.45, 2.75) is 134 Å². The van der Waals surface area contributed by atoms with Gasteiger partial charge in [0.25, 0.3) is 5.91 Å². The number of hydrogen-bond donors (Lipinski definition) is 5. The van der Waals surface area contributed by atoms with Crippen molar-refractivity contribution in [3.05, 3.63) is 77.2 Å². The number of β-amino-alcohol motifs (C(OH)–C–C–N with tert-alkyl or cyclic N) is 1. The molecule has 19 nitrogen and oxygen atoms in total. The molecule has 4 fully saturated rings. The number of halogens is 4. The number of likely N-dealkylation sites (tertiary alicyclic amines) is 1. The maximum atomic E-state index is 14.7. The summed E-state index contributed by atoms with van der Waals surface area (Å²) in [5.41, 5.74) is 5.29. The Morgan fingerprint density at radius 1 is 0.845 bits per heavy atom. The van der Waals surface area contributed by atoms with E-state index in [4.69, 9.17) is 18.9 Å². The van der Waals surface area contributed by atoms with Gasteiger partial charge in [-0.2, -0.15) is 18.2 Å². The molecule has 458 valence electrons. The van der Waals surface area contributed by atoms with Crippen LogP contribution in [-0.2, 0) is 41.7 Å². The Hall–Kier alpha value is -5.86. The van der Waals surface area contributed by atoms with Gasteiger partial charge in [-0.25, -0.2) is 14.4 Å². The molecule has 3 amide bonds. The monoisotopic (exact) mass is 1190 g/mol. The van der Waals surface area contributed by atoms with Crippen LogP contribution in [0.5, 0.6) is 5.75 Å². The van der Waals surface area contributed by atoms with Crippen LogP contribution in [0.1, 0.15) is 95.0 Å². The molecule has 5 heterocycles. The Labute approximate surface area is 491 Å². The van der Waals surface area contributed by atoms with E-state index < -0.39 is 59.6 Å². The minimum Gasteiger partial charge on any atom is -0.491 e. The van der Waals surface area contributed by atoms with Crippen LogP contribution in [0.25, 0.3) is 32.6 Å². The summed E-state index contributed by atoms with van der Waals surface area (Å²) < 4.78 is 79.1. The van der Waals surface area contributed by atoms with Crippen molar-refractivity contribution in [2.75, 3.05) is 97.4 Å². The van der Waals surface area contributed by atoms with Crippen molar-refractivity contribution < 1.29 is 61.1 Å². The van der Waals surface area contributed by atoms with Gasteiger partial charge < -0.3 is 54.6 Å². The highest BCUT2D eigenvalue weighted by Crippen LogP contribution is 2.41. The van der Waals surface area contributed by atoms with E-state index in [1.54, 1.807) is 32.5 Å². The predicted molar refractivity (Wildman–Crippen MR) is 310 cm³/mol. The average molecular weight is 1190 g/mol. The number of thiazole rings is 1. The van der Waals surface area contributed by atoms with Crippen LogP contribution in [-0.4, -0.2) is 190 Å². The maximum Gasteiger partial charge on any atom is 0.390 e. The maximum absolute atomic E-state index is 14.7. The van der Waals surface area contributed by atoms with Crippen molar-refractivity contribution >= 4 is 46.0 Å². The van der Waals surface area contributed by atoms with E-state index in [1.807, 2.05) is 25.1 Å². The van der Waals surface area contributed by atoms with Gasteiger partial charge in [0.2, 0.25) is 17.8 Å². The molecular formula is C60H80F4N10O9S. The molecule has 24 heteroatoms. The molecule has 5 N–H and O–H groups in total. The van der Waals surface area contributed by atoms with Crippen LogP contribution < -0.4 is 20.7 Å². The van der Waals surface area contributed by atoms with Crippen LogP contribution in [0.15, 0.2) is 60.4 Å². The van der Waals surface area contributed by atoms with Gasteiger partial charge in [-0.05, 0) is 73.6 Å². The summed E-state index contributed by atoms with van der Waals surface area (Å²) >= 11 is 1.51. The number of carbonyl (C=O) groups is 3. The second-order valence-corrected chi connectivity index (χ2v) is 24.4. The number of nitrogens with one attached hydrogen (secondary N) is 3. The zero-order valence-corrected chi connectivity index (χ0v) is 49.3. The molecule has 4 aliphatic rings. The first-order chi connectivity index (χ1) is 40.2. The SMILES string of the molecule is Cc1ncsc1-c1ccc(CNC(=O)[C@@H]2C[C@@H](O)CN2C(=O)[C@@H](NC(=O)C2(F)CC2)C(C)(C)C)c(OCCOCCOCCOCCN2CCN(Cc3ccc(-c4cn(C5CCC(O)CC5)c5nc(NCCC(F)(F)F)ncc45)cc3)CC2)c1. The lowest BCUT2D eigenvalue weighted by Gasteiger charge is -2.35. The zero-order chi connectivity index (χ0) is 59.6. The number of hydrogen-bond acceptors (Lipinski definition) is 16. The molecular weight excluding hydrogens is 1110 g/mol. The lowest BCUT2D eigenvalue weighted by molar-refractivity contribution is -0.145. The number of amides is 3. The number of ether oxygens (including phenoxy) is 4. The fraction of sp³-hybridized carbons (Fsp3) is 0.600. The number of aryl methyl sites for hydroxylation is 1. The van der Waals surface area contributed by atoms with Crippen molar-refractivity contribution in [2.24, 2.45) is 5.41 Å². The standard InChI is InChI=1S/C60H80F4N10O9S/c1-39-51(84-38-68-39)42-9-10-43(33-66-54(77)49-32-46(76)36-74(49)55(78)52(58(2,3)4)69-56(79)59(61)15-16-59)50(31-42)83-30-29-82-28-27-81-26-25-80-24-23-71-19-21-72(22-20-71)35-40-5-7-41(8-6-40)48-37-73(44-11-13-45(75)14-12-44)53-47(48)34-67-57(70-53)65-18-17-60(62,63)64/h5-10,31,34,37-38,44-46,49,52,75-76H,11-30,32-33,35-36H2,1-4H3,(H,66,77)(H,69,79)(H,65,67,70)/t44?,45?,46-,49+,52-/m1/s1. The molecule has 2 saturated carbocycles. The van der Waals surface area contributed by atoms with Gasteiger partial charge in [-0.1, -0.05) is 57.2 Å². The number of anilines is 1. The second-order valence-electron chi connectivity index (χ2n) is 23.6. The Morgan fingerprint density at radius 2 is 1.51 bits per heavy atom. The first-order valence-electron chi connectivity index (χ1n) is 29.3. The summed E-state index contributed by atoms with van der Waals surface area (Å²) in [4.78, 5) is 61.0. The second kappa shape index (κ2) is 28.1. The van der Waals surface area contributed by atoms with Gasteiger partial charge >= 0.3 is 6.18 Å². The molecule has 2 aliphatic heterocycles. The molecule has 9 rings (SSSR count). The summed E-state index contributed by atoms with van der Waals surface area (Å²) in [5, 5.41) is 29.9. The number of alkyl halides is 4. The van der Waals surface area contributed by atoms with E-state index in [9.17, 15) is 42.2 Å². The fourth-order valence-electron chi connectivity index (χ4n) is 11.0. The van der Waals surface area contributed by atoms with Gasteiger partial charge in [-0.15, -0.1) is 11.3 Å². The third-order valence-corrected chi connectivity index (χ3v) is 17.1. The number of carbonyl (C=O) groups excluding carboxylic acids is 3. The van der Waals surface area contributed by atoms with E-state index in [1.165, 1.54) is 21.8 Å². The Kier molecular flexibility index (Phi) is 21.0. The molecule has 2 aliphatic carbocycles. The van der Waals surface area contributed by atoms with Crippen LogP contribution in [0.3, 0.4) is 0 Å². The average Bonchev–Trinajstić information content (AvgIpc) is 2.88. The summed E-state index contributed by atoms with van der Waals surface area (Å²) in [6, 6.07) is 12.2. The third-order valence-electron chi connectivity index (χ3n) is 16.1. The van der Waals surface area contributed by atoms with E-state index >= 15 is 0 Å². The summed E-state index contributed by atoms with van der Waals surface area (Å²) in [7, 11) is 0. The largest absolute Gasteiger partial charge is 0.491 e. The molecule has 84 heavy (non-hydrogen) atoms. The van der Waals surface area contributed by atoms with Gasteiger partial charge in [0.05, 0.1) is 74.4 Å². The minimum absolute atomic E-state index is 0.0100. The van der Waals surface area contributed by atoms with Crippen molar-refractivity contribution in [3.8, 4) is 27.3 Å². The van der Waals surface area contributed by atoms with Gasteiger partial charge in [0.1, 0.15) is 30.1 Å². The Balaban J connectivity index is 0.659. The van der Waals surface area contributed by atoms with Crippen molar-refractivity contribution in [1.29, 1.82) is 0 Å². The molecule has 0 spiro atoms. The minimum atomic E-state index is -4.28. The zero-order valence-electron chi connectivity index (χ0n) is 48.4. The number of aliphatic hydroxyl groups is 2. The number of fused-ring (bicyclic) bond motifs is 1. The lowest BCUT2D eigenvalue weighted by Crippen LogP contribution is -2.59. The molecule has 2 aromatic carbocycles. The first-order valence-corrected chi connectivity index (χ1v) is 30.1. The molecule has 5 aromatic rings. The smallest absolute Gasteiger partial charge is 0.390 e. The summed E-state index contributed by atoms with van der Waals surface area (Å²) in [6.07, 6.45) is 0.351. The highest BCUT2D eigenvalue weighted by atomic mass is 32.1. The van der Waals surface area contributed by atoms with E-state index in [2.05, 4.69) is 75.7 Å². The van der Waals surface area contributed by atoms with E-state index in [-0.39, 0.29) is 70.2 Å². The van der Waals surface area contributed by atoms with Crippen LogP contribution in [0, 0.1) is 12.3 Å². The summed E-state index contributed by atoms with van der Waals surface area (Å²) in [5.74, 6) is -1.18. The van der Waals surface area contributed by atoms with Crippen LogP contribution in [0.2, 0.25) is 0 Å². The number of aliphatic hydroxyl groups excluding tert-OH is 2. The van der Waals surface area contributed by atoms with Crippen molar-refractivity contribution in [3.63, 3.8) is 0 Å². The molecule has 3 atom stereocenters. The predicted octanol–water partition coefficient (Wildman–Crippen LogP) is 7.23. The summed E-state index contributed by atoms with van der Waals surface area (Å²) in [6.45, 7) is 14.9. The third kappa shape index (κ3) is 16.8. The van der Waals surface area contributed by atoms with Gasteiger partial charge in [0.15, 0.2) is 5.67 Å².